The minimum Gasteiger partial charge on any atom is -0.481 e. The summed E-state index contributed by atoms with van der Waals surface area (Å²) in [5.74, 6) is -4.99. The normalized spacial score (nSPS) is 25.7. The molecule has 2 aliphatic carbocycles. The number of aliphatic carboxylic acids is 4. The van der Waals surface area contributed by atoms with Gasteiger partial charge >= 0.3 is 23.9 Å². The van der Waals surface area contributed by atoms with E-state index in [9.17, 15) is 19.2 Å². The van der Waals surface area contributed by atoms with E-state index < -0.39 is 41.1 Å². The molecule has 0 aromatic rings. The third kappa shape index (κ3) is 4.67. The molecule has 0 saturated heterocycles. The third-order valence-electron chi connectivity index (χ3n) is 4.65. The monoisotopic (exact) mass is 330 g/mol. The van der Waals surface area contributed by atoms with E-state index in [-0.39, 0.29) is 12.8 Å². The molecule has 0 heterocycles. The van der Waals surface area contributed by atoms with E-state index >= 15 is 0 Å². The van der Waals surface area contributed by atoms with Gasteiger partial charge in [-0.05, 0) is 32.1 Å². The third-order valence-corrected chi connectivity index (χ3v) is 4.65. The Morgan fingerprint density at radius 1 is 0.696 bits per heavy atom. The Hall–Kier alpha value is -2.12. The van der Waals surface area contributed by atoms with Crippen LogP contribution in [-0.2, 0) is 19.2 Å². The predicted molar refractivity (Wildman–Crippen MR) is 76.9 cm³/mol. The van der Waals surface area contributed by atoms with Gasteiger partial charge in [-0.15, -0.1) is 0 Å². The molecule has 4 N–H and O–H groups in total. The maximum atomic E-state index is 10.6. The van der Waals surface area contributed by atoms with Crippen LogP contribution in [0.4, 0.5) is 0 Å². The first-order valence-corrected chi connectivity index (χ1v) is 7.63. The summed E-state index contributed by atoms with van der Waals surface area (Å²) in [5.41, 5.74) is -1.47. The molecular weight excluding hydrogens is 308 g/mol. The van der Waals surface area contributed by atoms with Crippen molar-refractivity contribution in [1.29, 1.82) is 0 Å². The Bertz CT molecular complexity index is 442. The first-order valence-electron chi connectivity index (χ1n) is 7.63. The van der Waals surface area contributed by atoms with Crippen molar-refractivity contribution in [2.75, 3.05) is 0 Å². The molecule has 0 unspecified atom stereocenters. The molecule has 2 aliphatic rings. The molecule has 0 spiro atoms. The first kappa shape index (κ1) is 18.9. The summed E-state index contributed by atoms with van der Waals surface area (Å²) in [5, 5.41) is 34.6. The van der Waals surface area contributed by atoms with Crippen LogP contribution in [0.5, 0.6) is 0 Å². The number of carbonyl (C=O) groups is 4. The zero-order valence-corrected chi connectivity index (χ0v) is 12.7. The van der Waals surface area contributed by atoms with Gasteiger partial charge in [0.05, 0.1) is 11.8 Å². The standard InChI is InChI=1S/C8H12O4.C7H10O4/c9-7(10)5-2-1-3-6(4-5)8(11)12;8-5(9)7(6(10)11)3-1-2-4-7/h5-6H,1-4H2,(H,9,10)(H,11,12);1-4H2,(H,8,9)(H,10,11)/t5-,6-;/m0./s1. The molecule has 23 heavy (non-hydrogen) atoms. The summed E-state index contributed by atoms with van der Waals surface area (Å²) in [7, 11) is 0. The van der Waals surface area contributed by atoms with E-state index in [2.05, 4.69) is 0 Å². The molecule has 0 radical (unpaired) electrons. The number of rotatable bonds is 4. The van der Waals surface area contributed by atoms with Gasteiger partial charge in [-0.2, -0.15) is 0 Å². The predicted octanol–water partition coefficient (Wildman–Crippen LogP) is 1.68. The second-order valence-electron chi connectivity index (χ2n) is 6.14. The summed E-state index contributed by atoms with van der Waals surface area (Å²) in [6.45, 7) is 0. The summed E-state index contributed by atoms with van der Waals surface area (Å²) in [4.78, 5) is 42.2. The van der Waals surface area contributed by atoms with Crippen molar-refractivity contribution in [2.45, 2.75) is 51.4 Å². The second-order valence-corrected chi connectivity index (χ2v) is 6.14. The van der Waals surface area contributed by atoms with Crippen LogP contribution in [0.3, 0.4) is 0 Å². The maximum Gasteiger partial charge on any atom is 0.321 e. The molecule has 2 saturated carbocycles. The van der Waals surface area contributed by atoms with E-state index in [0.29, 0.717) is 38.5 Å². The van der Waals surface area contributed by atoms with E-state index in [1.165, 1.54) is 0 Å². The summed E-state index contributed by atoms with van der Waals surface area (Å²) >= 11 is 0. The molecule has 0 aromatic carbocycles. The smallest absolute Gasteiger partial charge is 0.321 e. The van der Waals surface area contributed by atoms with E-state index in [1.807, 2.05) is 0 Å². The number of hydrogen-bond acceptors (Lipinski definition) is 4. The molecule has 8 heteroatoms. The van der Waals surface area contributed by atoms with Gasteiger partial charge in [-0.25, -0.2) is 0 Å². The van der Waals surface area contributed by atoms with Gasteiger partial charge in [-0.3, -0.25) is 19.2 Å². The molecule has 2 rings (SSSR count). The lowest BCUT2D eigenvalue weighted by atomic mass is 9.81. The van der Waals surface area contributed by atoms with Gasteiger partial charge in [0.15, 0.2) is 5.41 Å². The van der Waals surface area contributed by atoms with Crippen LogP contribution >= 0.6 is 0 Å². The molecule has 0 amide bonds. The number of hydrogen-bond donors (Lipinski definition) is 4. The number of carboxylic acid groups (broad SMARTS) is 4. The van der Waals surface area contributed by atoms with Crippen LogP contribution in [0.1, 0.15) is 51.4 Å². The van der Waals surface area contributed by atoms with Gasteiger partial charge in [0.25, 0.3) is 0 Å². The molecule has 0 bridgehead atoms. The van der Waals surface area contributed by atoms with Crippen LogP contribution in [0.25, 0.3) is 0 Å². The van der Waals surface area contributed by atoms with Crippen LogP contribution in [0, 0.1) is 17.3 Å². The maximum absolute atomic E-state index is 10.6. The molecule has 2 fully saturated rings. The van der Waals surface area contributed by atoms with Crippen LogP contribution in [0.15, 0.2) is 0 Å². The highest BCUT2D eigenvalue weighted by Crippen LogP contribution is 2.38. The highest BCUT2D eigenvalue weighted by molar-refractivity contribution is 5.98. The molecule has 2 atom stereocenters. The van der Waals surface area contributed by atoms with Crippen molar-refractivity contribution in [1.82, 2.24) is 0 Å². The Kier molecular flexibility index (Phi) is 6.53. The first-order chi connectivity index (χ1) is 10.7. The van der Waals surface area contributed by atoms with E-state index in [0.717, 1.165) is 0 Å². The zero-order chi connectivity index (χ0) is 17.6. The fraction of sp³-hybridized carbons (Fsp3) is 0.733. The fourth-order valence-electron chi connectivity index (χ4n) is 3.14. The Morgan fingerprint density at radius 2 is 1.09 bits per heavy atom. The lowest BCUT2D eigenvalue weighted by molar-refractivity contribution is -0.164. The van der Waals surface area contributed by atoms with Crippen molar-refractivity contribution >= 4 is 23.9 Å². The minimum absolute atomic E-state index is 0.275. The van der Waals surface area contributed by atoms with Crippen LogP contribution in [0.2, 0.25) is 0 Å². The topological polar surface area (TPSA) is 149 Å². The summed E-state index contributed by atoms with van der Waals surface area (Å²) in [6.07, 6.45) is 4.23. The SMILES string of the molecule is O=C(O)C1(C(=O)O)CCCC1.O=C(O)[C@H]1CCC[C@H](C(=O)O)C1. The van der Waals surface area contributed by atoms with E-state index in [1.54, 1.807) is 0 Å². The van der Waals surface area contributed by atoms with Gasteiger partial charge < -0.3 is 20.4 Å². The van der Waals surface area contributed by atoms with Crippen molar-refractivity contribution in [3.63, 3.8) is 0 Å². The molecule has 130 valence electrons. The molecular formula is C15H22O8. The molecule has 0 aliphatic heterocycles. The van der Waals surface area contributed by atoms with Crippen molar-refractivity contribution in [2.24, 2.45) is 17.3 Å². The van der Waals surface area contributed by atoms with Crippen molar-refractivity contribution in [3.8, 4) is 0 Å². The van der Waals surface area contributed by atoms with Crippen molar-refractivity contribution in [3.05, 3.63) is 0 Å². The lowest BCUT2D eigenvalue weighted by Gasteiger charge is -2.23. The van der Waals surface area contributed by atoms with Gasteiger partial charge in [0, 0.05) is 0 Å². The fourth-order valence-corrected chi connectivity index (χ4v) is 3.14. The Labute approximate surface area is 133 Å². The largest absolute Gasteiger partial charge is 0.481 e. The lowest BCUT2D eigenvalue weighted by Crippen LogP contribution is -2.36. The molecule has 0 aromatic heterocycles. The summed E-state index contributed by atoms with van der Waals surface area (Å²) < 4.78 is 0. The number of carboxylic acids is 4. The van der Waals surface area contributed by atoms with Crippen LogP contribution < -0.4 is 0 Å². The van der Waals surface area contributed by atoms with Gasteiger partial charge in [-0.1, -0.05) is 19.3 Å². The average molecular weight is 330 g/mol. The quantitative estimate of drug-likeness (QED) is 0.569. The van der Waals surface area contributed by atoms with E-state index in [4.69, 9.17) is 20.4 Å². The average Bonchev–Trinajstić information content (AvgIpc) is 2.99. The second kappa shape index (κ2) is 7.94. The Morgan fingerprint density at radius 3 is 1.35 bits per heavy atom. The van der Waals surface area contributed by atoms with Crippen molar-refractivity contribution < 1.29 is 39.6 Å². The van der Waals surface area contributed by atoms with Gasteiger partial charge in [0.1, 0.15) is 0 Å². The highest BCUT2D eigenvalue weighted by atomic mass is 16.4. The molecule has 8 nitrogen and oxygen atoms in total. The zero-order valence-electron chi connectivity index (χ0n) is 12.7. The summed E-state index contributed by atoms with van der Waals surface area (Å²) in [6, 6.07) is 0. The van der Waals surface area contributed by atoms with Gasteiger partial charge in [0.2, 0.25) is 0 Å². The minimum atomic E-state index is -1.47. The Balaban J connectivity index is 0.000000231. The highest BCUT2D eigenvalue weighted by Gasteiger charge is 2.48. The van der Waals surface area contributed by atoms with Crippen LogP contribution in [-0.4, -0.2) is 44.3 Å².